The topological polar surface area (TPSA) is 0 Å². The highest BCUT2D eigenvalue weighted by Crippen LogP contribution is 2.14. The van der Waals surface area contributed by atoms with E-state index in [9.17, 15) is 0 Å². The van der Waals surface area contributed by atoms with E-state index in [0.29, 0.717) is 0 Å². The van der Waals surface area contributed by atoms with E-state index in [1.165, 1.54) is 25.4 Å². The number of hydrogen-bond donors (Lipinski definition) is 0. The summed E-state index contributed by atoms with van der Waals surface area (Å²) in [6, 6.07) is 0. The molecule has 0 aliphatic heterocycles. The Bertz CT molecular complexity index is 52.5. The molecule has 0 radical (unpaired) electrons. The van der Waals surface area contributed by atoms with Crippen LogP contribution >= 0.6 is 8.58 Å². The second-order valence-corrected chi connectivity index (χ2v) is 3.99. The SMILES string of the molecule is CCCC(C)CCPC. The molecule has 0 bridgehead atoms. The van der Waals surface area contributed by atoms with Crippen molar-refractivity contribution < 1.29 is 0 Å². The Hall–Kier alpha value is 0.430. The lowest BCUT2D eigenvalue weighted by Gasteiger charge is -2.07. The highest BCUT2D eigenvalue weighted by atomic mass is 31.1. The maximum atomic E-state index is 2.36. The van der Waals surface area contributed by atoms with E-state index in [1.54, 1.807) is 0 Å². The fraction of sp³-hybridized carbons (Fsp3) is 1.00. The minimum absolute atomic E-state index is 0.974. The second-order valence-electron chi connectivity index (χ2n) is 2.79. The van der Waals surface area contributed by atoms with Crippen LogP contribution in [0.2, 0.25) is 0 Å². The Labute approximate surface area is 61.2 Å². The standard InChI is InChI=1S/C8H19P/c1-4-5-8(2)6-7-9-3/h8-9H,4-7H2,1-3H3. The van der Waals surface area contributed by atoms with Gasteiger partial charge in [0.15, 0.2) is 0 Å². The third kappa shape index (κ3) is 6.31. The van der Waals surface area contributed by atoms with Crippen molar-refractivity contribution in [2.45, 2.75) is 33.1 Å². The molecule has 0 spiro atoms. The maximum absolute atomic E-state index is 2.36. The third-order valence-electron chi connectivity index (χ3n) is 1.67. The Morgan fingerprint density at radius 1 is 1.33 bits per heavy atom. The van der Waals surface area contributed by atoms with E-state index in [-0.39, 0.29) is 0 Å². The van der Waals surface area contributed by atoms with Crippen molar-refractivity contribution in [1.82, 2.24) is 0 Å². The van der Waals surface area contributed by atoms with E-state index in [0.717, 1.165) is 14.5 Å². The zero-order chi connectivity index (χ0) is 7.11. The van der Waals surface area contributed by atoms with Gasteiger partial charge in [0.25, 0.3) is 0 Å². The molecule has 2 unspecified atom stereocenters. The molecule has 2 atom stereocenters. The lowest BCUT2D eigenvalue weighted by Crippen LogP contribution is -1.94. The van der Waals surface area contributed by atoms with Gasteiger partial charge in [-0.15, -0.1) is 8.58 Å². The summed E-state index contributed by atoms with van der Waals surface area (Å²) >= 11 is 0. The summed E-state index contributed by atoms with van der Waals surface area (Å²) in [7, 11) is 1.16. The van der Waals surface area contributed by atoms with Crippen molar-refractivity contribution in [3.63, 3.8) is 0 Å². The van der Waals surface area contributed by atoms with Gasteiger partial charge in [0.2, 0.25) is 0 Å². The minimum Gasteiger partial charge on any atom is -0.125 e. The first-order chi connectivity index (χ1) is 4.31. The Morgan fingerprint density at radius 3 is 2.44 bits per heavy atom. The fourth-order valence-electron chi connectivity index (χ4n) is 1.03. The summed E-state index contributed by atoms with van der Waals surface area (Å²) in [6.45, 7) is 6.92. The van der Waals surface area contributed by atoms with Gasteiger partial charge < -0.3 is 0 Å². The van der Waals surface area contributed by atoms with Crippen molar-refractivity contribution >= 4 is 8.58 Å². The monoisotopic (exact) mass is 146 g/mol. The van der Waals surface area contributed by atoms with Gasteiger partial charge in [0.05, 0.1) is 0 Å². The van der Waals surface area contributed by atoms with Gasteiger partial charge in [-0.2, -0.15) is 0 Å². The molecule has 56 valence electrons. The van der Waals surface area contributed by atoms with Crippen LogP contribution in [0.25, 0.3) is 0 Å². The van der Waals surface area contributed by atoms with Crippen molar-refractivity contribution in [3.8, 4) is 0 Å². The van der Waals surface area contributed by atoms with Crippen LogP contribution in [-0.4, -0.2) is 12.8 Å². The van der Waals surface area contributed by atoms with Gasteiger partial charge in [0.1, 0.15) is 0 Å². The molecule has 0 nitrogen and oxygen atoms in total. The molecule has 0 aliphatic rings. The quantitative estimate of drug-likeness (QED) is 0.523. The van der Waals surface area contributed by atoms with Gasteiger partial charge in [-0.3, -0.25) is 0 Å². The molecular weight excluding hydrogens is 127 g/mol. The largest absolute Gasteiger partial charge is 0.125 e. The van der Waals surface area contributed by atoms with Crippen molar-refractivity contribution in [3.05, 3.63) is 0 Å². The van der Waals surface area contributed by atoms with E-state index in [4.69, 9.17) is 0 Å². The zero-order valence-electron chi connectivity index (χ0n) is 6.91. The summed E-state index contributed by atoms with van der Waals surface area (Å²) in [6.07, 6.45) is 5.67. The lowest BCUT2D eigenvalue weighted by atomic mass is 10.0. The molecule has 0 N–H and O–H groups in total. The van der Waals surface area contributed by atoms with E-state index < -0.39 is 0 Å². The smallest absolute Gasteiger partial charge is 0.0353 e. The highest BCUT2D eigenvalue weighted by Gasteiger charge is 1.97. The summed E-state index contributed by atoms with van der Waals surface area (Å²) in [5, 5.41) is 0. The normalized spacial score (nSPS) is 15.0. The molecule has 0 aromatic heterocycles. The molecule has 0 rings (SSSR count). The fourth-order valence-corrected chi connectivity index (χ4v) is 1.81. The summed E-state index contributed by atoms with van der Waals surface area (Å²) in [4.78, 5) is 0. The molecule has 0 heterocycles. The first-order valence-corrected chi connectivity index (χ1v) is 5.66. The molecular formula is C8H19P. The van der Waals surface area contributed by atoms with Crippen molar-refractivity contribution in [2.24, 2.45) is 5.92 Å². The van der Waals surface area contributed by atoms with Crippen LogP contribution in [0.5, 0.6) is 0 Å². The molecule has 0 saturated heterocycles. The minimum atomic E-state index is 0.974. The van der Waals surface area contributed by atoms with Crippen LogP contribution in [0.1, 0.15) is 33.1 Å². The predicted molar refractivity (Wildman–Crippen MR) is 47.8 cm³/mol. The summed E-state index contributed by atoms with van der Waals surface area (Å²) < 4.78 is 0. The molecule has 0 amide bonds. The average molecular weight is 146 g/mol. The molecule has 0 aromatic rings. The predicted octanol–water partition coefficient (Wildman–Crippen LogP) is 3.12. The zero-order valence-corrected chi connectivity index (χ0v) is 7.91. The average Bonchev–Trinajstić information content (AvgIpc) is 1.85. The highest BCUT2D eigenvalue weighted by molar-refractivity contribution is 7.36. The second kappa shape index (κ2) is 6.55. The van der Waals surface area contributed by atoms with Crippen LogP contribution in [0.3, 0.4) is 0 Å². The molecule has 1 heteroatoms. The molecule has 0 aliphatic carbocycles. The number of rotatable bonds is 5. The van der Waals surface area contributed by atoms with Crippen LogP contribution in [0.15, 0.2) is 0 Å². The van der Waals surface area contributed by atoms with Gasteiger partial charge in [0, 0.05) is 0 Å². The first-order valence-electron chi connectivity index (χ1n) is 3.95. The Balaban J connectivity index is 2.95. The summed E-state index contributed by atoms with van der Waals surface area (Å²) in [5.41, 5.74) is 0. The van der Waals surface area contributed by atoms with Crippen LogP contribution in [-0.2, 0) is 0 Å². The van der Waals surface area contributed by atoms with Crippen LogP contribution in [0, 0.1) is 5.92 Å². The maximum Gasteiger partial charge on any atom is -0.0353 e. The Morgan fingerprint density at radius 2 is 2.00 bits per heavy atom. The molecule has 0 saturated carbocycles. The van der Waals surface area contributed by atoms with Crippen molar-refractivity contribution in [2.75, 3.05) is 12.8 Å². The van der Waals surface area contributed by atoms with Crippen molar-refractivity contribution in [1.29, 1.82) is 0 Å². The molecule has 0 fully saturated rings. The molecule has 9 heavy (non-hydrogen) atoms. The molecule has 0 aromatic carbocycles. The third-order valence-corrected chi connectivity index (χ3v) is 2.46. The van der Waals surface area contributed by atoms with E-state index >= 15 is 0 Å². The lowest BCUT2D eigenvalue weighted by molar-refractivity contribution is 0.512. The van der Waals surface area contributed by atoms with E-state index in [1.807, 2.05) is 0 Å². The van der Waals surface area contributed by atoms with Crippen LogP contribution in [0.4, 0.5) is 0 Å². The van der Waals surface area contributed by atoms with Gasteiger partial charge in [-0.25, -0.2) is 0 Å². The number of hydrogen-bond acceptors (Lipinski definition) is 0. The Kier molecular flexibility index (Phi) is 6.86. The van der Waals surface area contributed by atoms with Gasteiger partial charge >= 0.3 is 0 Å². The van der Waals surface area contributed by atoms with Gasteiger partial charge in [-0.05, 0) is 25.2 Å². The van der Waals surface area contributed by atoms with Crippen LogP contribution < -0.4 is 0 Å². The summed E-state index contributed by atoms with van der Waals surface area (Å²) in [5.74, 6) is 0.974. The first kappa shape index (κ1) is 9.43. The van der Waals surface area contributed by atoms with Gasteiger partial charge in [-0.1, -0.05) is 26.7 Å². The van der Waals surface area contributed by atoms with E-state index in [2.05, 4.69) is 20.5 Å².